The molecule has 0 atom stereocenters. The van der Waals surface area contributed by atoms with Crippen LogP contribution in [0.2, 0.25) is 0 Å². The molecule has 0 saturated carbocycles. The Bertz CT molecular complexity index is 235. The number of rotatable bonds is 10. The Labute approximate surface area is 149 Å². The smallest absolute Gasteiger partial charge is 0.305 e. The third kappa shape index (κ3) is 36.8. The number of carbonyl (C=O) groups is 2. The van der Waals surface area contributed by atoms with Crippen molar-refractivity contribution in [2.24, 2.45) is 0 Å². The van der Waals surface area contributed by atoms with E-state index in [0.29, 0.717) is 12.8 Å². The molecule has 0 fully saturated rings. The molecule has 4 nitrogen and oxygen atoms in total. The molecule has 0 aliphatic carbocycles. The molecule has 0 unspecified atom stereocenters. The highest BCUT2D eigenvalue weighted by Crippen LogP contribution is 2.05. The molecular weight excluding hydrogens is 351 g/mol. The number of methoxy groups -OCH3 is 1. The van der Waals surface area contributed by atoms with Crippen molar-refractivity contribution in [3.05, 3.63) is 0 Å². The molecule has 0 bridgehead atoms. The normalized spacial score (nSPS) is 8.95. The van der Waals surface area contributed by atoms with Gasteiger partial charge in [0.2, 0.25) is 0 Å². The maximum atomic E-state index is 10.6. The molecule has 7 heteroatoms. The number of unbranched alkanes of at least 4 members (excludes halogenated alkanes) is 5. The minimum Gasteiger partial charge on any atom is -0.481 e. The first-order valence-corrected chi connectivity index (χ1v) is 9.06. The van der Waals surface area contributed by atoms with Crippen LogP contribution in [0.1, 0.15) is 64.7 Å². The summed E-state index contributed by atoms with van der Waals surface area (Å²) in [5.41, 5.74) is 0. The molecule has 1 N–H and O–H groups in total. The van der Waals surface area contributed by atoms with Crippen LogP contribution in [-0.2, 0) is 14.3 Å². The van der Waals surface area contributed by atoms with E-state index in [1.54, 1.807) is 0 Å². The maximum absolute atomic E-state index is 10.6. The van der Waals surface area contributed by atoms with E-state index >= 15 is 0 Å². The van der Waals surface area contributed by atoms with Crippen LogP contribution in [0, 0.1) is 0 Å². The first-order chi connectivity index (χ1) is 10.5. The van der Waals surface area contributed by atoms with Gasteiger partial charge >= 0.3 is 11.9 Å². The Morgan fingerprint density at radius 3 is 1.73 bits per heavy atom. The van der Waals surface area contributed by atoms with Crippen LogP contribution in [0.4, 0.5) is 0 Å². The number of carbonyl (C=O) groups excluding carboxylic acids is 1. The Hall–Kier alpha value is -0.190. The molecule has 0 spiro atoms. The van der Waals surface area contributed by atoms with Crippen LogP contribution in [0.5, 0.6) is 0 Å². The zero-order valence-electron chi connectivity index (χ0n) is 13.6. The van der Waals surface area contributed by atoms with E-state index in [-0.39, 0.29) is 17.7 Å². The summed E-state index contributed by atoms with van der Waals surface area (Å²) in [4.78, 5) is 20.7. The van der Waals surface area contributed by atoms with E-state index in [1.165, 1.54) is 26.4 Å². The Morgan fingerprint density at radius 2 is 1.41 bits per heavy atom. The van der Waals surface area contributed by atoms with E-state index < -0.39 is 5.97 Å². The number of hydrogen-bond acceptors (Lipinski definition) is 3. The van der Waals surface area contributed by atoms with Gasteiger partial charge in [-0.1, -0.05) is 32.6 Å². The average molecular weight is 380 g/mol. The Morgan fingerprint density at radius 1 is 0.909 bits per heavy atom. The zero-order chi connectivity index (χ0) is 17.6. The van der Waals surface area contributed by atoms with Gasteiger partial charge in [-0.2, -0.15) is 0 Å². The molecule has 0 aromatic heterocycles. The van der Waals surface area contributed by atoms with Gasteiger partial charge in [-0.25, -0.2) is 0 Å². The number of aliphatic carboxylic acids is 1. The van der Waals surface area contributed by atoms with Crippen molar-refractivity contribution >= 4 is 46.7 Å². The molecule has 0 aromatic rings. The van der Waals surface area contributed by atoms with Crippen molar-refractivity contribution in [3.63, 3.8) is 0 Å². The van der Waals surface area contributed by atoms with E-state index in [0.717, 1.165) is 25.1 Å². The molecule has 0 aromatic carbocycles. The minimum atomic E-state index is -0.757. The molecular formula is C15H29Cl3O4. The number of ether oxygens (including phenoxy) is 1. The Balaban J connectivity index is -0.000000333. The van der Waals surface area contributed by atoms with Crippen LogP contribution < -0.4 is 0 Å². The van der Waals surface area contributed by atoms with E-state index in [4.69, 9.17) is 39.9 Å². The fourth-order valence-electron chi connectivity index (χ4n) is 1.35. The monoisotopic (exact) mass is 378 g/mol. The molecule has 0 aliphatic heterocycles. The first kappa shape index (κ1) is 26.7. The van der Waals surface area contributed by atoms with Gasteiger partial charge in [-0.15, -0.1) is 34.8 Å². The topological polar surface area (TPSA) is 63.6 Å². The van der Waals surface area contributed by atoms with Crippen molar-refractivity contribution in [1.29, 1.82) is 0 Å². The minimum absolute atomic E-state index is 0.194. The maximum Gasteiger partial charge on any atom is 0.305 e. The summed E-state index contributed by atoms with van der Waals surface area (Å²) in [6, 6.07) is 0. The third-order valence-electron chi connectivity index (χ3n) is 2.49. The molecule has 0 aliphatic rings. The second kappa shape index (κ2) is 25.7. The molecule has 22 heavy (non-hydrogen) atoms. The fourth-order valence-corrected chi connectivity index (χ4v) is 1.53. The van der Waals surface area contributed by atoms with Crippen molar-refractivity contribution in [2.45, 2.75) is 64.7 Å². The largest absolute Gasteiger partial charge is 0.481 e. The summed E-state index contributed by atoms with van der Waals surface area (Å²) >= 11 is 14.9. The van der Waals surface area contributed by atoms with Gasteiger partial charge in [0, 0.05) is 18.7 Å². The van der Waals surface area contributed by atoms with Gasteiger partial charge < -0.3 is 9.84 Å². The van der Waals surface area contributed by atoms with E-state index in [1.807, 2.05) is 0 Å². The second-order valence-electron chi connectivity index (χ2n) is 4.38. The molecule has 134 valence electrons. The standard InChI is InChI=1S/C9H16O4.C5H11Cl.CH2Cl2/c1-13-9(12)7-5-3-2-4-6-8(10)11;1-2-3-4-5-6;2-1-3/h2-7H2,1H3,(H,10,11);2-5H2,1H3;1H2. The predicted octanol–water partition coefficient (Wildman–Crippen LogP) is 5.42. The van der Waals surface area contributed by atoms with Gasteiger partial charge in [0.25, 0.3) is 0 Å². The second-order valence-corrected chi connectivity index (χ2v) is 5.57. The summed E-state index contributed by atoms with van der Waals surface area (Å²) < 4.78 is 4.46. The van der Waals surface area contributed by atoms with Crippen molar-refractivity contribution in [3.8, 4) is 0 Å². The number of hydrogen-bond donors (Lipinski definition) is 1. The third-order valence-corrected chi connectivity index (χ3v) is 2.75. The molecule has 0 amide bonds. The van der Waals surface area contributed by atoms with Gasteiger partial charge in [0.15, 0.2) is 0 Å². The number of halogens is 3. The number of carboxylic acids is 1. The van der Waals surface area contributed by atoms with Crippen molar-refractivity contribution in [2.75, 3.05) is 18.3 Å². The van der Waals surface area contributed by atoms with Crippen molar-refractivity contribution < 1.29 is 19.4 Å². The van der Waals surface area contributed by atoms with Gasteiger partial charge in [-0.3, -0.25) is 9.59 Å². The summed E-state index contributed by atoms with van der Waals surface area (Å²) in [5.74, 6) is -0.125. The lowest BCUT2D eigenvalue weighted by Crippen LogP contribution is -1.99. The first-order valence-electron chi connectivity index (χ1n) is 7.46. The highest BCUT2D eigenvalue weighted by molar-refractivity contribution is 6.40. The van der Waals surface area contributed by atoms with Crippen LogP contribution in [0.25, 0.3) is 0 Å². The van der Waals surface area contributed by atoms with E-state index in [9.17, 15) is 9.59 Å². The van der Waals surface area contributed by atoms with Gasteiger partial charge in [0.05, 0.1) is 12.4 Å². The lowest BCUT2D eigenvalue weighted by atomic mass is 10.1. The van der Waals surface area contributed by atoms with Gasteiger partial charge in [-0.05, 0) is 19.3 Å². The zero-order valence-corrected chi connectivity index (χ0v) is 15.9. The lowest BCUT2D eigenvalue weighted by Gasteiger charge is -1.98. The highest BCUT2D eigenvalue weighted by Gasteiger charge is 2.00. The summed E-state index contributed by atoms with van der Waals surface area (Å²) in [5, 5.41) is 8.52. The van der Waals surface area contributed by atoms with Crippen LogP contribution >= 0.6 is 34.8 Å². The van der Waals surface area contributed by atoms with Crippen molar-refractivity contribution in [1.82, 2.24) is 0 Å². The van der Waals surface area contributed by atoms with E-state index in [2.05, 4.69) is 11.7 Å². The number of esters is 1. The Kier molecular flexibility index (Phi) is 31.2. The molecule has 0 rings (SSSR count). The lowest BCUT2D eigenvalue weighted by molar-refractivity contribution is -0.141. The molecule has 0 radical (unpaired) electrons. The fraction of sp³-hybridized carbons (Fsp3) is 0.867. The van der Waals surface area contributed by atoms with Crippen LogP contribution in [0.15, 0.2) is 0 Å². The summed E-state index contributed by atoms with van der Waals surface area (Å²) in [6.45, 7) is 2.17. The molecule has 0 heterocycles. The quantitative estimate of drug-likeness (QED) is 0.312. The van der Waals surface area contributed by atoms with Crippen LogP contribution in [-0.4, -0.2) is 35.4 Å². The summed E-state index contributed by atoms with van der Waals surface area (Å²) in [7, 11) is 1.37. The van der Waals surface area contributed by atoms with Gasteiger partial charge in [0.1, 0.15) is 0 Å². The van der Waals surface area contributed by atoms with Crippen LogP contribution in [0.3, 0.4) is 0 Å². The summed E-state index contributed by atoms with van der Waals surface area (Å²) in [6.07, 6.45) is 7.62. The number of alkyl halides is 3. The predicted molar refractivity (Wildman–Crippen MR) is 94.2 cm³/mol. The molecule has 0 saturated heterocycles. The number of carboxylic acid groups (broad SMARTS) is 1. The average Bonchev–Trinajstić information content (AvgIpc) is 2.49. The SMILES string of the molecule is CCCCCCl.COC(=O)CCCCCCC(=O)O.ClCCl. The highest BCUT2D eigenvalue weighted by atomic mass is 35.5.